The van der Waals surface area contributed by atoms with Gasteiger partial charge in [0.05, 0.1) is 29.3 Å². The van der Waals surface area contributed by atoms with Crippen molar-refractivity contribution in [1.82, 2.24) is 0 Å². The minimum atomic E-state index is -1.24. The highest BCUT2D eigenvalue weighted by atomic mass is 35.5. The molecule has 1 aliphatic rings. The van der Waals surface area contributed by atoms with Gasteiger partial charge >= 0.3 is 0 Å². The van der Waals surface area contributed by atoms with E-state index in [1.165, 1.54) is 12.1 Å². The Morgan fingerprint density at radius 3 is 2.64 bits per heavy atom. The summed E-state index contributed by atoms with van der Waals surface area (Å²) in [6, 6.07) is 8.29. The first kappa shape index (κ1) is 18.4. The number of rotatable bonds is 5. The summed E-state index contributed by atoms with van der Waals surface area (Å²) in [6.45, 7) is 1.14. The van der Waals surface area contributed by atoms with Crippen LogP contribution >= 0.6 is 23.2 Å². The third-order valence-corrected chi connectivity index (χ3v) is 4.89. The van der Waals surface area contributed by atoms with Gasteiger partial charge in [-0.25, -0.2) is 4.39 Å². The van der Waals surface area contributed by atoms with Crippen molar-refractivity contribution in [2.75, 3.05) is 13.2 Å². The van der Waals surface area contributed by atoms with Gasteiger partial charge < -0.3 is 20.3 Å². The summed E-state index contributed by atoms with van der Waals surface area (Å²) in [6.07, 6.45) is -0.538. The van der Waals surface area contributed by atoms with E-state index < -0.39 is 18.0 Å². The number of aliphatic hydroxyl groups is 1. The summed E-state index contributed by atoms with van der Waals surface area (Å²) in [5.74, 6) is -0.188. The molecular formula is C18H18Cl2FNO3. The van der Waals surface area contributed by atoms with Crippen molar-refractivity contribution in [2.24, 2.45) is 5.73 Å². The van der Waals surface area contributed by atoms with E-state index in [2.05, 4.69) is 0 Å². The number of ether oxygens (including phenoxy) is 2. The van der Waals surface area contributed by atoms with Gasteiger partial charge in [0.1, 0.15) is 23.8 Å². The van der Waals surface area contributed by atoms with Crippen molar-refractivity contribution < 1.29 is 19.0 Å². The number of aliphatic hydroxyl groups excluding tert-OH is 1. The molecule has 0 bridgehead atoms. The summed E-state index contributed by atoms with van der Waals surface area (Å²) < 4.78 is 25.3. The van der Waals surface area contributed by atoms with E-state index in [0.717, 1.165) is 6.42 Å². The second kappa shape index (κ2) is 7.89. The predicted octanol–water partition coefficient (Wildman–Crippen LogP) is 4.03. The second-order valence-electron chi connectivity index (χ2n) is 5.93. The van der Waals surface area contributed by atoms with E-state index in [4.69, 9.17) is 38.4 Å². The van der Waals surface area contributed by atoms with Gasteiger partial charge in [0, 0.05) is 18.1 Å². The fraction of sp³-hybridized carbons (Fsp3) is 0.333. The summed E-state index contributed by atoms with van der Waals surface area (Å²) >= 11 is 11.8. The van der Waals surface area contributed by atoms with Crippen LogP contribution in [0.15, 0.2) is 36.4 Å². The number of benzene rings is 2. The molecule has 3 atom stereocenters. The maximum absolute atomic E-state index is 14.4. The minimum Gasteiger partial charge on any atom is -0.488 e. The Balaban J connectivity index is 1.76. The van der Waals surface area contributed by atoms with Crippen molar-refractivity contribution in [3.63, 3.8) is 0 Å². The molecular weight excluding hydrogens is 368 g/mol. The van der Waals surface area contributed by atoms with Crippen LogP contribution in [0.1, 0.15) is 29.7 Å². The van der Waals surface area contributed by atoms with E-state index in [0.29, 0.717) is 34.6 Å². The van der Waals surface area contributed by atoms with Crippen LogP contribution in [-0.4, -0.2) is 24.4 Å². The molecule has 1 fully saturated rings. The van der Waals surface area contributed by atoms with Gasteiger partial charge in [0.25, 0.3) is 0 Å². The zero-order valence-corrected chi connectivity index (χ0v) is 14.8. The van der Waals surface area contributed by atoms with Crippen LogP contribution in [-0.2, 0) is 4.74 Å². The smallest absolute Gasteiger partial charge is 0.132 e. The molecule has 7 heteroatoms. The molecule has 0 saturated carbocycles. The number of nitrogens with two attached hydrogens (primary N) is 1. The third-order valence-electron chi connectivity index (χ3n) is 4.15. The maximum atomic E-state index is 14.4. The minimum absolute atomic E-state index is 0.0753. The van der Waals surface area contributed by atoms with E-state index >= 15 is 0 Å². The van der Waals surface area contributed by atoms with Crippen molar-refractivity contribution in [3.05, 3.63) is 63.4 Å². The Labute approximate surface area is 155 Å². The summed E-state index contributed by atoms with van der Waals surface area (Å²) in [5.41, 5.74) is 6.71. The van der Waals surface area contributed by atoms with Gasteiger partial charge in [-0.15, -0.1) is 0 Å². The first-order chi connectivity index (χ1) is 12.0. The van der Waals surface area contributed by atoms with Crippen LogP contribution in [0.4, 0.5) is 4.39 Å². The van der Waals surface area contributed by atoms with Crippen molar-refractivity contribution in [2.45, 2.75) is 24.7 Å². The first-order valence-electron chi connectivity index (χ1n) is 7.88. The summed E-state index contributed by atoms with van der Waals surface area (Å²) in [5, 5.41) is 11.2. The number of hydrogen-bond acceptors (Lipinski definition) is 4. The van der Waals surface area contributed by atoms with E-state index in [9.17, 15) is 9.50 Å². The molecule has 134 valence electrons. The summed E-state index contributed by atoms with van der Waals surface area (Å²) in [7, 11) is 0. The SMILES string of the molecule is N[C@@H](c1ccc(Cl)c(Cl)c1)[C@H](O)c1ccc(OC2CCOC2)cc1F. The Morgan fingerprint density at radius 1 is 1.20 bits per heavy atom. The molecule has 2 aromatic rings. The average molecular weight is 386 g/mol. The molecule has 3 rings (SSSR count). The van der Waals surface area contributed by atoms with Crippen LogP contribution in [0.25, 0.3) is 0 Å². The Morgan fingerprint density at radius 2 is 2.00 bits per heavy atom. The fourth-order valence-electron chi connectivity index (χ4n) is 2.71. The van der Waals surface area contributed by atoms with Crippen molar-refractivity contribution in [3.8, 4) is 5.75 Å². The highest BCUT2D eigenvalue weighted by Gasteiger charge is 2.24. The monoisotopic (exact) mass is 385 g/mol. The molecule has 0 aromatic heterocycles. The largest absolute Gasteiger partial charge is 0.488 e. The molecule has 1 aliphatic heterocycles. The molecule has 0 amide bonds. The second-order valence-corrected chi connectivity index (χ2v) is 6.75. The molecule has 25 heavy (non-hydrogen) atoms. The van der Waals surface area contributed by atoms with E-state index in [1.54, 1.807) is 24.3 Å². The average Bonchev–Trinajstić information content (AvgIpc) is 3.09. The van der Waals surface area contributed by atoms with Crippen LogP contribution in [0.2, 0.25) is 10.0 Å². The molecule has 3 N–H and O–H groups in total. The van der Waals surface area contributed by atoms with Crippen molar-refractivity contribution >= 4 is 23.2 Å². The predicted molar refractivity (Wildman–Crippen MR) is 94.6 cm³/mol. The van der Waals surface area contributed by atoms with Gasteiger partial charge in [-0.05, 0) is 29.8 Å². The number of halogens is 3. The molecule has 0 radical (unpaired) electrons. The lowest BCUT2D eigenvalue weighted by atomic mass is 9.96. The summed E-state index contributed by atoms with van der Waals surface area (Å²) in [4.78, 5) is 0. The molecule has 0 aliphatic carbocycles. The lowest BCUT2D eigenvalue weighted by Gasteiger charge is -2.21. The Kier molecular flexibility index (Phi) is 5.81. The van der Waals surface area contributed by atoms with Crippen LogP contribution in [0, 0.1) is 5.82 Å². The van der Waals surface area contributed by atoms with Gasteiger partial charge in [-0.2, -0.15) is 0 Å². The first-order valence-corrected chi connectivity index (χ1v) is 8.63. The highest BCUT2D eigenvalue weighted by Crippen LogP contribution is 2.33. The van der Waals surface area contributed by atoms with Crippen LogP contribution < -0.4 is 10.5 Å². The van der Waals surface area contributed by atoms with Gasteiger partial charge in [-0.3, -0.25) is 0 Å². The van der Waals surface area contributed by atoms with Gasteiger partial charge in [0.15, 0.2) is 0 Å². The third kappa shape index (κ3) is 4.25. The molecule has 0 spiro atoms. The lowest BCUT2D eigenvalue weighted by Crippen LogP contribution is -2.21. The zero-order valence-electron chi connectivity index (χ0n) is 13.3. The van der Waals surface area contributed by atoms with Gasteiger partial charge in [0.2, 0.25) is 0 Å². The van der Waals surface area contributed by atoms with Gasteiger partial charge in [-0.1, -0.05) is 29.3 Å². The van der Waals surface area contributed by atoms with Crippen LogP contribution in [0.3, 0.4) is 0 Å². The van der Waals surface area contributed by atoms with Crippen molar-refractivity contribution in [1.29, 1.82) is 0 Å². The Hall–Kier alpha value is -1.37. The van der Waals surface area contributed by atoms with E-state index in [-0.39, 0.29) is 11.7 Å². The maximum Gasteiger partial charge on any atom is 0.132 e. The topological polar surface area (TPSA) is 64.7 Å². The highest BCUT2D eigenvalue weighted by molar-refractivity contribution is 6.42. The zero-order chi connectivity index (χ0) is 18.0. The fourth-order valence-corrected chi connectivity index (χ4v) is 3.02. The molecule has 4 nitrogen and oxygen atoms in total. The molecule has 1 heterocycles. The van der Waals surface area contributed by atoms with E-state index in [1.807, 2.05) is 0 Å². The number of hydrogen-bond donors (Lipinski definition) is 2. The quantitative estimate of drug-likeness (QED) is 0.815. The molecule has 1 unspecified atom stereocenters. The standard InChI is InChI=1S/C18H18Cl2FNO3/c19-14-4-1-10(7-15(14)20)17(22)18(23)13-3-2-11(8-16(13)21)25-12-5-6-24-9-12/h1-4,7-8,12,17-18,23H,5-6,9,22H2/t12?,17-,18+/m0/s1. The molecule has 1 saturated heterocycles. The lowest BCUT2D eigenvalue weighted by molar-refractivity contribution is 0.138. The van der Waals surface area contributed by atoms with Crippen LogP contribution in [0.5, 0.6) is 5.75 Å². The molecule has 2 aromatic carbocycles. The normalized spacial score (nSPS) is 19.6. The Bertz CT molecular complexity index is 753.